The Kier molecular flexibility index (Phi) is 3.59. The van der Waals surface area contributed by atoms with E-state index in [0.29, 0.717) is 5.25 Å². The second-order valence-corrected chi connectivity index (χ2v) is 8.63. The van der Waals surface area contributed by atoms with Gasteiger partial charge < -0.3 is 0 Å². The summed E-state index contributed by atoms with van der Waals surface area (Å²) in [5.74, 6) is 0. The highest BCUT2D eigenvalue weighted by atomic mass is 32.2. The average molecular weight is 322 g/mol. The van der Waals surface area contributed by atoms with Crippen molar-refractivity contribution in [3.05, 3.63) is 70.0 Å². The highest BCUT2D eigenvalue weighted by Crippen LogP contribution is 2.44. The lowest BCUT2D eigenvalue weighted by molar-refractivity contribution is 0.992. The fourth-order valence-corrected chi connectivity index (χ4v) is 4.99. The third kappa shape index (κ3) is 2.62. The Morgan fingerprint density at radius 3 is 2.45 bits per heavy atom. The quantitative estimate of drug-likeness (QED) is 0.491. The molecule has 2 heteroatoms. The summed E-state index contributed by atoms with van der Waals surface area (Å²) in [7, 11) is 0. The summed E-state index contributed by atoms with van der Waals surface area (Å²) in [6.45, 7) is 4.37. The molecule has 0 saturated heterocycles. The van der Waals surface area contributed by atoms with Crippen LogP contribution in [0.1, 0.15) is 29.0 Å². The van der Waals surface area contributed by atoms with Crippen LogP contribution in [0.25, 0.3) is 21.2 Å². The van der Waals surface area contributed by atoms with E-state index in [0.717, 1.165) is 6.42 Å². The SMILES string of the molecule is CC1=CCC(c2ccc3cc(-c4ccc(C)s4)ccc3c2)S1. The molecule has 4 rings (SSSR count). The fraction of sp³-hybridized carbons (Fsp3) is 0.200. The molecule has 1 aliphatic rings. The van der Waals surface area contributed by atoms with E-state index in [2.05, 4.69) is 68.5 Å². The Bertz CT molecular complexity index is 870. The number of aryl methyl sites for hydroxylation is 1. The van der Waals surface area contributed by atoms with Crippen LogP contribution < -0.4 is 0 Å². The highest BCUT2D eigenvalue weighted by molar-refractivity contribution is 8.03. The van der Waals surface area contributed by atoms with Crippen molar-refractivity contribution in [3.8, 4) is 10.4 Å². The van der Waals surface area contributed by atoms with Crippen molar-refractivity contribution in [1.82, 2.24) is 0 Å². The molecular weight excluding hydrogens is 304 g/mol. The summed E-state index contributed by atoms with van der Waals surface area (Å²) < 4.78 is 0. The fourth-order valence-electron chi connectivity index (χ4n) is 3.01. The smallest absolute Gasteiger partial charge is 0.0376 e. The van der Waals surface area contributed by atoms with Crippen molar-refractivity contribution in [3.63, 3.8) is 0 Å². The van der Waals surface area contributed by atoms with Crippen LogP contribution in [0, 0.1) is 6.92 Å². The monoisotopic (exact) mass is 322 g/mol. The molecule has 3 aromatic rings. The lowest BCUT2D eigenvalue weighted by Gasteiger charge is -2.11. The minimum atomic E-state index is 0.601. The first-order valence-electron chi connectivity index (χ1n) is 7.63. The van der Waals surface area contributed by atoms with E-state index in [1.54, 1.807) is 0 Å². The molecule has 0 aliphatic carbocycles. The van der Waals surface area contributed by atoms with Crippen LogP contribution >= 0.6 is 23.1 Å². The zero-order valence-corrected chi connectivity index (χ0v) is 14.4. The molecule has 22 heavy (non-hydrogen) atoms. The van der Waals surface area contributed by atoms with E-state index in [1.165, 1.54) is 36.6 Å². The molecule has 1 atom stereocenters. The van der Waals surface area contributed by atoms with Gasteiger partial charge in [0, 0.05) is 15.0 Å². The van der Waals surface area contributed by atoms with Crippen LogP contribution in [0.2, 0.25) is 0 Å². The van der Waals surface area contributed by atoms with Crippen LogP contribution in [0.15, 0.2) is 59.5 Å². The summed E-state index contributed by atoms with van der Waals surface area (Å²) in [4.78, 5) is 4.18. The van der Waals surface area contributed by atoms with Crippen LogP contribution in [0.4, 0.5) is 0 Å². The largest absolute Gasteiger partial charge is 0.141 e. The molecule has 0 bridgehead atoms. The van der Waals surface area contributed by atoms with E-state index in [-0.39, 0.29) is 0 Å². The Hall–Kier alpha value is -1.51. The molecule has 0 radical (unpaired) electrons. The minimum Gasteiger partial charge on any atom is -0.141 e. The molecule has 0 N–H and O–H groups in total. The molecule has 1 aromatic heterocycles. The lowest BCUT2D eigenvalue weighted by Crippen LogP contribution is -1.89. The van der Waals surface area contributed by atoms with Crippen molar-refractivity contribution < 1.29 is 0 Å². The number of thiophene rings is 1. The van der Waals surface area contributed by atoms with Gasteiger partial charge in [-0.2, -0.15) is 0 Å². The van der Waals surface area contributed by atoms with Gasteiger partial charge in [0.15, 0.2) is 0 Å². The molecule has 2 aromatic carbocycles. The van der Waals surface area contributed by atoms with E-state index in [9.17, 15) is 0 Å². The van der Waals surface area contributed by atoms with Gasteiger partial charge in [0.05, 0.1) is 0 Å². The molecule has 110 valence electrons. The van der Waals surface area contributed by atoms with Crippen LogP contribution in [0.5, 0.6) is 0 Å². The van der Waals surface area contributed by atoms with Gasteiger partial charge in [-0.15, -0.1) is 23.1 Å². The Morgan fingerprint density at radius 2 is 1.73 bits per heavy atom. The molecule has 0 amide bonds. The van der Waals surface area contributed by atoms with Gasteiger partial charge in [0.1, 0.15) is 0 Å². The second kappa shape index (κ2) is 5.60. The first kappa shape index (κ1) is 14.1. The van der Waals surface area contributed by atoms with Gasteiger partial charge in [0.2, 0.25) is 0 Å². The van der Waals surface area contributed by atoms with Gasteiger partial charge >= 0.3 is 0 Å². The predicted octanol–water partition coefficient (Wildman–Crippen LogP) is 6.96. The van der Waals surface area contributed by atoms with E-state index in [1.807, 2.05) is 23.1 Å². The molecule has 2 heterocycles. The summed E-state index contributed by atoms with van der Waals surface area (Å²) >= 11 is 3.86. The second-order valence-electron chi connectivity index (χ2n) is 5.89. The van der Waals surface area contributed by atoms with Crippen molar-refractivity contribution in [2.45, 2.75) is 25.5 Å². The van der Waals surface area contributed by atoms with Crippen LogP contribution in [0.3, 0.4) is 0 Å². The maximum Gasteiger partial charge on any atom is 0.0376 e. The third-order valence-electron chi connectivity index (χ3n) is 4.21. The number of rotatable bonds is 2. The van der Waals surface area contributed by atoms with Crippen molar-refractivity contribution >= 4 is 33.9 Å². The number of fused-ring (bicyclic) bond motifs is 1. The van der Waals surface area contributed by atoms with E-state index < -0.39 is 0 Å². The number of hydrogen-bond acceptors (Lipinski definition) is 2. The number of benzene rings is 2. The van der Waals surface area contributed by atoms with Gasteiger partial charge in [-0.25, -0.2) is 0 Å². The summed E-state index contributed by atoms with van der Waals surface area (Å²) in [5, 5.41) is 3.28. The lowest BCUT2D eigenvalue weighted by atomic mass is 10.0. The Balaban J connectivity index is 1.70. The third-order valence-corrected chi connectivity index (χ3v) is 6.55. The molecule has 1 unspecified atom stereocenters. The van der Waals surface area contributed by atoms with Crippen LogP contribution in [-0.4, -0.2) is 0 Å². The van der Waals surface area contributed by atoms with Gasteiger partial charge in [0.25, 0.3) is 0 Å². The summed E-state index contributed by atoms with van der Waals surface area (Å²) in [5.41, 5.74) is 2.77. The molecule has 1 aliphatic heterocycles. The highest BCUT2D eigenvalue weighted by Gasteiger charge is 2.17. The van der Waals surface area contributed by atoms with Crippen LogP contribution in [-0.2, 0) is 0 Å². The zero-order valence-electron chi connectivity index (χ0n) is 12.8. The first-order chi connectivity index (χ1) is 10.7. The topological polar surface area (TPSA) is 0 Å². The van der Waals surface area contributed by atoms with Gasteiger partial charge in [-0.3, -0.25) is 0 Å². The van der Waals surface area contributed by atoms with Gasteiger partial charge in [-0.05, 0) is 65.3 Å². The standard InChI is InChI=1S/C20H18S2/c1-13-3-9-19(21-13)17-7-5-16-12-18(8-6-15(16)11-17)20-10-4-14(2)22-20/h3-9,11-12,20H,10H2,1-2H3. The number of thioether (sulfide) groups is 1. The minimum absolute atomic E-state index is 0.601. The molecule has 0 nitrogen and oxygen atoms in total. The Morgan fingerprint density at radius 1 is 0.909 bits per heavy atom. The van der Waals surface area contributed by atoms with E-state index in [4.69, 9.17) is 0 Å². The molecule has 0 saturated carbocycles. The van der Waals surface area contributed by atoms with Crippen molar-refractivity contribution in [2.75, 3.05) is 0 Å². The zero-order chi connectivity index (χ0) is 15.1. The summed E-state index contributed by atoms with van der Waals surface area (Å²) in [6, 6.07) is 18.2. The first-order valence-corrected chi connectivity index (χ1v) is 9.32. The normalized spacial score (nSPS) is 17.9. The predicted molar refractivity (Wildman–Crippen MR) is 101 cm³/mol. The van der Waals surface area contributed by atoms with Crippen molar-refractivity contribution in [1.29, 1.82) is 0 Å². The van der Waals surface area contributed by atoms with Gasteiger partial charge in [-0.1, -0.05) is 36.4 Å². The Labute approximate surface area is 139 Å². The number of hydrogen-bond donors (Lipinski definition) is 0. The maximum absolute atomic E-state index is 2.36. The number of allylic oxidation sites excluding steroid dienone is 2. The molecule has 0 fully saturated rings. The summed E-state index contributed by atoms with van der Waals surface area (Å²) in [6.07, 6.45) is 3.51. The molecule has 0 spiro atoms. The maximum atomic E-state index is 2.36. The van der Waals surface area contributed by atoms with E-state index >= 15 is 0 Å². The molecular formula is C20H18S2. The average Bonchev–Trinajstić information content (AvgIpc) is 3.15. The van der Waals surface area contributed by atoms with Crippen molar-refractivity contribution in [2.24, 2.45) is 0 Å².